The summed E-state index contributed by atoms with van der Waals surface area (Å²) in [6, 6.07) is 15.8. The van der Waals surface area contributed by atoms with Crippen LogP contribution in [0.15, 0.2) is 88.5 Å². The van der Waals surface area contributed by atoms with Crippen molar-refractivity contribution >= 4 is 28.3 Å². The van der Waals surface area contributed by atoms with E-state index in [1.807, 2.05) is 0 Å². The average molecular weight is 461 g/mol. The van der Waals surface area contributed by atoms with Gasteiger partial charge >= 0.3 is 0 Å². The van der Waals surface area contributed by atoms with Gasteiger partial charge in [-0.25, -0.2) is 8.78 Å². The van der Waals surface area contributed by atoms with Gasteiger partial charge in [0.2, 0.25) is 5.78 Å². The highest BCUT2D eigenvalue weighted by atomic mass is 19.1. The van der Waals surface area contributed by atoms with E-state index >= 15 is 0 Å². The summed E-state index contributed by atoms with van der Waals surface area (Å²) in [4.78, 5) is 27.9. The predicted molar refractivity (Wildman–Crippen MR) is 120 cm³/mol. The molecule has 1 unspecified atom stereocenters. The van der Waals surface area contributed by atoms with Gasteiger partial charge in [0.25, 0.3) is 5.91 Å². The van der Waals surface area contributed by atoms with Crippen LogP contribution < -0.4 is 9.64 Å². The quantitative estimate of drug-likeness (QED) is 0.397. The van der Waals surface area contributed by atoms with Crippen molar-refractivity contribution in [3.8, 4) is 5.75 Å². The molecule has 0 spiro atoms. The maximum Gasteiger partial charge on any atom is 0.294 e. The fraction of sp³-hybridized carbons (Fsp3) is 0.0769. The molecule has 1 aliphatic heterocycles. The van der Waals surface area contributed by atoms with E-state index in [2.05, 4.69) is 0 Å². The van der Waals surface area contributed by atoms with Gasteiger partial charge in [0.1, 0.15) is 11.6 Å². The Morgan fingerprint density at radius 3 is 2.29 bits per heavy atom. The summed E-state index contributed by atoms with van der Waals surface area (Å²) >= 11 is 0. The molecule has 1 aliphatic rings. The van der Waals surface area contributed by atoms with Crippen LogP contribution in [-0.4, -0.2) is 23.9 Å². The number of benzene rings is 3. The number of carbonyl (C=O) groups is 2. The lowest BCUT2D eigenvalue weighted by molar-refractivity contribution is -0.117. The number of para-hydroxylation sites is 1. The molecule has 1 N–H and O–H groups in total. The Hall–Kier alpha value is -4.46. The molecule has 0 radical (unpaired) electrons. The minimum Gasteiger partial charge on any atom is -0.503 e. The van der Waals surface area contributed by atoms with Crippen LogP contribution in [0.5, 0.6) is 5.75 Å². The zero-order valence-electron chi connectivity index (χ0n) is 17.8. The highest BCUT2D eigenvalue weighted by Crippen LogP contribution is 2.42. The standard InChI is InChI=1S/C26H17F2NO5/c1-33-19-4-2-3-15-13-20(34-25(15)19)23(30)21-22(14-5-7-16(27)8-6-14)29(26(32)24(21)31)18-11-9-17(28)10-12-18/h2-13,22,31H,1H3. The summed E-state index contributed by atoms with van der Waals surface area (Å²) < 4.78 is 38.2. The first-order valence-corrected chi connectivity index (χ1v) is 10.3. The highest BCUT2D eigenvalue weighted by Gasteiger charge is 2.45. The van der Waals surface area contributed by atoms with Crippen LogP contribution in [0.1, 0.15) is 22.2 Å². The fourth-order valence-corrected chi connectivity index (χ4v) is 4.11. The number of anilines is 1. The smallest absolute Gasteiger partial charge is 0.294 e. The molecule has 0 saturated carbocycles. The number of ether oxygens (including phenoxy) is 1. The minimum atomic E-state index is -1.10. The van der Waals surface area contributed by atoms with Gasteiger partial charge in [-0.3, -0.25) is 14.5 Å². The number of hydrogen-bond donors (Lipinski definition) is 1. The molecule has 1 atom stereocenters. The average Bonchev–Trinajstić information content (AvgIpc) is 3.39. The number of aliphatic hydroxyl groups is 1. The second-order valence-electron chi connectivity index (χ2n) is 7.69. The predicted octanol–water partition coefficient (Wildman–Crippen LogP) is 5.50. The van der Waals surface area contributed by atoms with Crippen LogP contribution in [-0.2, 0) is 4.79 Å². The third kappa shape index (κ3) is 3.40. The SMILES string of the molecule is COc1cccc2cc(C(=O)C3=C(O)C(=O)N(c4ccc(F)cc4)C3c3ccc(F)cc3)oc12. The number of nitrogens with zero attached hydrogens (tertiary/aromatic N) is 1. The lowest BCUT2D eigenvalue weighted by atomic mass is 9.94. The molecule has 5 rings (SSSR count). The second-order valence-corrected chi connectivity index (χ2v) is 7.69. The number of aliphatic hydroxyl groups excluding tert-OH is 1. The maximum absolute atomic E-state index is 13.6. The molecule has 0 bridgehead atoms. The number of rotatable bonds is 5. The van der Waals surface area contributed by atoms with Crippen molar-refractivity contribution in [1.29, 1.82) is 0 Å². The Kier molecular flexibility index (Phi) is 5.13. The van der Waals surface area contributed by atoms with Crippen LogP contribution >= 0.6 is 0 Å². The van der Waals surface area contributed by atoms with E-state index in [9.17, 15) is 23.5 Å². The zero-order chi connectivity index (χ0) is 24.0. The van der Waals surface area contributed by atoms with Gasteiger partial charge < -0.3 is 14.3 Å². The van der Waals surface area contributed by atoms with Gasteiger partial charge in [0, 0.05) is 11.1 Å². The van der Waals surface area contributed by atoms with Gasteiger partial charge in [-0.05, 0) is 54.1 Å². The van der Waals surface area contributed by atoms with E-state index in [4.69, 9.17) is 9.15 Å². The van der Waals surface area contributed by atoms with Gasteiger partial charge in [0.05, 0.1) is 18.7 Å². The van der Waals surface area contributed by atoms with Crippen LogP contribution in [0.4, 0.5) is 14.5 Å². The van der Waals surface area contributed by atoms with Crippen LogP contribution in [0.3, 0.4) is 0 Å². The van der Waals surface area contributed by atoms with Gasteiger partial charge in [-0.15, -0.1) is 0 Å². The summed E-state index contributed by atoms with van der Waals surface area (Å²) in [6.45, 7) is 0. The van der Waals surface area contributed by atoms with E-state index < -0.39 is 35.1 Å². The fourth-order valence-electron chi connectivity index (χ4n) is 4.11. The topological polar surface area (TPSA) is 80.0 Å². The number of furan rings is 1. The van der Waals surface area contributed by atoms with Crippen molar-refractivity contribution in [2.75, 3.05) is 12.0 Å². The van der Waals surface area contributed by atoms with Crippen molar-refractivity contribution < 1.29 is 32.6 Å². The van der Waals surface area contributed by atoms with Gasteiger partial charge in [0.15, 0.2) is 22.9 Å². The van der Waals surface area contributed by atoms with E-state index in [1.54, 1.807) is 18.2 Å². The van der Waals surface area contributed by atoms with Crippen LogP contribution in [0.25, 0.3) is 11.0 Å². The lowest BCUT2D eigenvalue weighted by Gasteiger charge is -2.26. The van der Waals surface area contributed by atoms with Crippen LogP contribution in [0.2, 0.25) is 0 Å². The van der Waals surface area contributed by atoms with E-state index in [-0.39, 0.29) is 17.0 Å². The molecule has 1 aromatic heterocycles. The Morgan fingerprint density at radius 2 is 1.65 bits per heavy atom. The first-order chi connectivity index (χ1) is 16.4. The van der Waals surface area contributed by atoms with E-state index in [0.29, 0.717) is 22.3 Å². The molecule has 0 aliphatic carbocycles. The Balaban J connectivity index is 1.66. The largest absolute Gasteiger partial charge is 0.503 e. The number of fused-ring (bicyclic) bond motifs is 1. The monoisotopic (exact) mass is 461 g/mol. The van der Waals surface area contributed by atoms with Crippen molar-refractivity contribution in [3.63, 3.8) is 0 Å². The van der Waals surface area contributed by atoms with Crippen molar-refractivity contribution in [2.45, 2.75) is 6.04 Å². The zero-order valence-corrected chi connectivity index (χ0v) is 17.8. The molecule has 3 aromatic carbocycles. The van der Waals surface area contributed by atoms with Gasteiger partial charge in [-0.1, -0.05) is 24.3 Å². The molecule has 170 valence electrons. The first-order valence-electron chi connectivity index (χ1n) is 10.3. The summed E-state index contributed by atoms with van der Waals surface area (Å²) in [5, 5.41) is 11.4. The van der Waals surface area contributed by atoms with E-state index in [1.165, 1.54) is 54.5 Å². The Bertz CT molecular complexity index is 1460. The molecule has 0 fully saturated rings. The molecule has 2 heterocycles. The van der Waals surface area contributed by atoms with Gasteiger partial charge in [-0.2, -0.15) is 0 Å². The molecule has 1 amide bonds. The summed E-state index contributed by atoms with van der Waals surface area (Å²) in [7, 11) is 1.47. The molecule has 34 heavy (non-hydrogen) atoms. The van der Waals surface area contributed by atoms with Crippen molar-refractivity contribution in [1.82, 2.24) is 0 Å². The third-order valence-corrected chi connectivity index (χ3v) is 5.69. The number of ketones is 1. The number of hydrogen-bond acceptors (Lipinski definition) is 5. The van der Waals surface area contributed by atoms with E-state index in [0.717, 1.165) is 12.1 Å². The highest BCUT2D eigenvalue weighted by molar-refractivity contribution is 6.20. The summed E-state index contributed by atoms with van der Waals surface area (Å²) in [5.74, 6) is -3.05. The van der Waals surface area contributed by atoms with Crippen molar-refractivity contribution in [2.24, 2.45) is 0 Å². The molecular weight excluding hydrogens is 444 g/mol. The number of carbonyl (C=O) groups excluding carboxylic acids is 2. The second kappa shape index (κ2) is 8.15. The minimum absolute atomic E-state index is 0.109. The Labute approximate surface area is 192 Å². The number of methoxy groups -OCH3 is 1. The number of Topliss-reactive ketones (excluding diaryl/α,β-unsaturated/α-hetero) is 1. The third-order valence-electron chi connectivity index (χ3n) is 5.69. The molecule has 6 nitrogen and oxygen atoms in total. The normalized spacial score (nSPS) is 15.9. The first kappa shape index (κ1) is 21.4. The number of amides is 1. The van der Waals surface area contributed by atoms with Crippen LogP contribution in [0, 0.1) is 11.6 Å². The lowest BCUT2D eigenvalue weighted by Crippen LogP contribution is -2.31. The summed E-state index contributed by atoms with van der Waals surface area (Å²) in [6.07, 6.45) is 0. The molecule has 0 saturated heterocycles. The Morgan fingerprint density at radius 1 is 1.00 bits per heavy atom. The summed E-state index contributed by atoms with van der Waals surface area (Å²) in [5.41, 5.74) is 0.729. The molecular formula is C26H17F2NO5. The van der Waals surface area contributed by atoms with Crippen molar-refractivity contribution in [3.05, 3.63) is 107 Å². The maximum atomic E-state index is 13.6. The molecule has 8 heteroatoms. The molecule has 4 aromatic rings. The number of halogens is 2.